The summed E-state index contributed by atoms with van der Waals surface area (Å²) < 4.78 is 94.0. The Bertz CT molecular complexity index is 1460. The van der Waals surface area contributed by atoms with Gasteiger partial charge in [-0.2, -0.15) is 4.39 Å². The van der Waals surface area contributed by atoms with Crippen LogP contribution in [0.2, 0.25) is 0 Å². The van der Waals surface area contributed by atoms with E-state index < -0.39 is 34.9 Å². The molecule has 7 heteroatoms. The molecule has 1 unspecified atom stereocenters. The van der Waals surface area contributed by atoms with Gasteiger partial charge in [0.05, 0.1) is 6.61 Å². The van der Waals surface area contributed by atoms with Crippen molar-refractivity contribution in [3.05, 3.63) is 106 Å². The molecule has 0 amide bonds. The van der Waals surface area contributed by atoms with Crippen molar-refractivity contribution in [2.24, 2.45) is 5.92 Å². The van der Waals surface area contributed by atoms with Crippen LogP contribution in [0.4, 0.5) is 26.3 Å². The lowest BCUT2D eigenvalue weighted by molar-refractivity contribution is 0.289. The van der Waals surface area contributed by atoms with Crippen molar-refractivity contribution in [3.63, 3.8) is 0 Å². The Labute approximate surface area is 243 Å². The molecule has 0 N–H and O–H groups in total. The molecule has 1 nitrogen and oxygen atoms in total. The van der Waals surface area contributed by atoms with Crippen LogP contribution >= 0.6 is 0 Å². The fraction of sp³-hybridized carbons (Fsp3) is 0.371. The van der Waals surface area contributed by atoms with Crippen molar-refractivity contribution in [1.29, 1.82) is 0 Å². The first kappa shape index (κ1) is 31.5. The van der Waals surface area contributed by atoms with Gasteiger partial charge in [0.15, 0.2) is 34.8 Å². The maximum atomic E-state index is 15.0. The third kappa shape index (κ3) is 7.11. The molecule has 0 heterocycles. The number of benzene rings is 3. The highest BCUT2D eigenvalue weighted by atomic mass is 19.2. The lowest BCUT2D eigenvalue weighted by Crippen LogP contribution is -2.09. The molecular weight excluding hydrogens is 550 g/mol. The quantitative estimate of drug-likeness (QED) is 0.117. The Balaban J connectivity index is 1.40. The van der Waals surface area contributed by atoms with Crippen LogP contribution in [-0.4, -0.2) is 6.61 Å². The highest BCUT2D eigenvalue weighted by Crippen LogP contribution is 2.36. The zero-order valence-corrected chi connectivity index (χ0v) is 24.0. The molecule has 0 spiro atoms. The van der Waals surface area contributed by atoms with E-state index in [1.54, 1.807) is 12.1 Å². The fourth-order valence-corrected chi connectivity index (χ4v) is 5.36. The van der Waals surface area contributed by atoms with Crippen molar-refractivity contribution in [1.82, 2.24) is 0 Å². The molecule has 0 aromatic heterocycles. The molecular formula is C35H36F6O. The summed E-state index contributed by atoms with van der Waals surface area (Å²) in [5, 5.41) is 0. The summed E-state index contributed by atoms with van der Waals surface area (Å²) in [6, 6.07) is 8.35. The molecule has 0 bridgehead atoms. The van der Waals surface area contributed by atoms with Crippen LogP contribution in [0.3, 0.4) is 0 Å². The van der Waals surface area contributed by atoms with Crippen LogP contribution in [0.5, 0.6) is 5.75 Å². The Kier molecular flexibility index (Phi) is 10.9. The van der Waals surface area contributed by atoms with Crippen LogP contribution in [0.15, 0.2) is 54.6 Å². The average molecular weight is 587 g/mol. The number of aryl methyl sites for hydroxylation is 2. The van der Waals surface area contributed by atoms with Crippen LogP contribution in [-0.2, 0) is 12.8 Å². The van der Waals surface area contributed by atoms with E-state index in [2.05, 4.69) is 0 Å². The largest absolute Gasteiger partial charge is 0.490 e. The van der Waals surface area contributed by atoms with Gasteiger partial charge in [0.25, 0.3) is 0 Å². The highest BCUT2D eigenvalue weighted by Gasteiger charge is 2.23. The lowest BCUT2D eigenvalue weighted by Gasteiger charge is -2.23. The Morgan fingerprint density at radius 1 is 0.762 bits per heavy atom. The second-order valence-corrected chi connectivity index (χ2v) is 10.8. The summed E-state index contributed by atoms with van der Waals surface area (Å²) in [6.07, 6.45) is 10.9. The minimum atomic E-state index is -1.29. The number of unbranched alkanes of at least 4 members (excludes halogenated alkanes) is 1. The lowest BCUT2D eigenvalue weighted by atomic mass is 9.83. The van der Waals surface area contributed by atoms with E-state index in [9.17, 15) is 17.6 Å². The highest BCUT2D eigenvalue weighted by molar-refractivity contribution is 5.68. The number of hydrogen-bond donors (Lipinski definition) is 0. The molecule has 1 aliphatic carbocycles. The summed E-state index contributed by atoms with van der Waals surface area (Å²) in [5.41, 5.74) is 0.782. The number of hydrogen-bond acceptors (Lipinski definition) is 1. The first-order valence-corrected chi connectivity index (χ1v) is 14.6. The second-order valence-electron chi connectivity index (χ2n) is 10.8. The summed E-state index contributed by atoms with van der Waals surface area (Å²) >= 11 is 0. The number of allylic oxidation sites excluding steroid dienone is 4. The van der Waals surface area contributed by atoms with E-state index in [0.29, 0.717) is 50.5 Å². The van der Waals surface area contributed by atoms with E-state index in [4.69, 9.17) is 4.74 Å². The Morgan fingerprint density at radius 2 is 1.38 bits per heavy atom. The Hall–Kier alpha value is -3.48. The van der Waals surface area contributed by atoms with E-state index in [1.807, 2.05) is 32.1 Å². The fourth-order valence-electron chi connectivity index (χ4n) is 5.36. The summed E-state index contributed by atoms with van der Waals surface area (Å²) in [7, 11) is 0. The second kappa shape index (κ2) is 14.6. The number of ether oxygens (including phenoxy) is 1. The van der Waals surface area contributed by atoms with Gasteiger partial charge in [-0.3, -0.25) is 0 Å². The normalized spacial score (nSPS) is 15.3. The van der Waals surface area contributed by atoms with Gasteiger partial charge in [-0.05, 0) is 93.0 Å². The van der Waals surface area contributed by atoms with E-state index in [-0.39, 0.29) is 46.9 Å². The number of rotatable bonds is 12. The van der Waals surface area contributed by atoms with Gasteiger partial charge in [-0.1, -0.05) is 55.8 Å². The van der Waals surface area contributed by atoms with E-state index in [0.717, 1.165) is 12.0 Å². The predicted octanol–water partition coefficient (Wildman–Crippen LogP) is 10.7. The monoisotopic (exact) mass is 586 g/mol. The van der Waals surface area contributed by atoms with Gasteiger partial charge in [-0.15, -0.1) is 0 Å². The topological polar surface area (TPSA) is 9.23 Å². The van der Waals surface area contributed by atoms with Gasteiger partial charge in [0, 0.05) is 16.7 Å². The average Bonchev–Trinajstić information content (AvgIpc) is 2.99. The van der Waals surface area contributed by atoms with E-state index in [1.165, 1.54) is 24.3 Å². The molecule has 42 heavy (non-hydrogen) atoms. The van der Waals surface area contributed by atoms with Crippen LogP contribution in [0, 0.1) is 40.8 Å². The predicted molar refractivity (Wildman–Crippen MR) is 155 cm³/mol. The van der Waals surface area contributed by atoms with Crippen molar-refractivity contribution in [2.75, 3.05) is 6.61 Å². The molecule has 4 rings (SSSR count). The maximum absolute atomic E-state index is 15.0. The van der Waals surface area contributed by atoms with Crippen LogP contribution < -0.4 is 4.74 Å². The Morgan fingerprint density at radius 3 is 2.02 bits per heavy atom. The number of halogens is 6. The molecule has 0 saturated carbocycles. The van der Waals surface area contributed by atoms with Crippen molar-refractivity contribution >= 4 is 5.57 Å². The van der Waals surface area contributed by atoms with Crippen LogP contribution in [0.25, 0.3) is 16.7 Å². The molecule has 3 aromatic rings. The molecule has 224 valence electrons. The van der Waals surface area contributed by atoms with Crippen molar-refractivity contribution in [2.45, 2.75) is 71.6 Å². The van der Waals surface area contributed by atoms with Gasteiger partial charge in [0.2, 0.25) is 5.82 Å². The van der Waals surface area contributed by atoms with Crippen LogP contribution in [0.1, 0.15) is 75.5 Å². The SMILES string of the molecule is C/C=C/CCc1ccc(C2=CCC(CCc3ccc(-c4ccc(OCCCC)c(F)c4F)c(F)c3F)CC2)c(F)c1F. The molecule has 0 radical (unpaired) electrons. The third-order valence-corrected chi connectivity index (χ3v) is 7.92. The molecule has 1 atom stereocenters. The van der Waals surface area contributed by atoms with Crippen molar-refractivity contribution < 1.29 is 31.1 Å². The maximum Gasteiger partial charge on any atom is 0.201 e. The minimum Gasteiger partial charge on any atom is -0.490 e. The van der Waals surface area contributed by atoms with Crippen molar-refractivity contribution in [3.8, 4) is 16.9 Å². The smallest absolute Gasteiger partial charge is 0.201 e. The van der Waals surface area contributed by atoms with Gasteiger partial charge in [0.1, 0.15) is 0 Å². The molecule has 1 aliphatic rings. The first-order chi connectivity index (χ1) is 20.3. The zero-order valence-electron chi connectivity index (χ0n) is 24.0. The third-order valence-electron chi connectivity index (χ3n) is 7.92. The standard InChI is InChI=1S/C35H36F6O/c1-3-5-7-8-24-15-17-26(32(38)30(24)36)23-12-9-22(10-13-23)11-14-25-16-18-27(33(39)31(25)37)28-19-20-29(35(41)34(28)40)42-21-6-4-2/h3,5,12,15-20,22H,4,6-11,13-14,21H2,1-2H3/b5-3+. The molecule has 0 fully saturated rings. The summed E-state index contributed by atoms with van der Waals surface area (Å²) in [5.74, 6) is -6.59. The molecule has 0 saturated heterocycles. The minimum absolute atomic E-state index is 0.146. The van der Waals surface area contributed by atoms with Gasteiger partial charge >= 0.3 is 0 Å². The van der Waals surface area contributed by atoms with Gasteiger partial charge in [-0.25, -0.2) is 22.0 Å². The molecule has 3 aromatic carbocycles. The zero-order chi connectivity index (χ0) is 30.2. The summed E-state index contributed by atoms with van der Waals surface area (Å²) in [4.78, 5) is 0. The van der Waals surface area contributed by atoms with Gasteiger partial charge < -0.3 is 4.74 Å². The molecule has 0 aliphatic heterocycles. The first-order valence-electron chi connectivity index (χ1n) is 14.6. The summed E-state index contributed by atoms with van der Waals surface area (Å²) in [6.45, 7) is 4.04. The van der Waals surface area contributed by atoms with E-state index >= 15 is 8.78 Å².